The van der Waals surface area contributed by atoms with Gasteiger partial charge >= 0.3 is 0 Å². The molecule has 28 heavy (non-hydrogen) atoms. The second-order valence-corrected chi connectivity index (χ2v) is 8.38. The molecule has 2 atom stereocenters. The third kappa shape index (κ3) is 4.12. The smallest absolute Gasteiger partial charge is 0.219 e. The highest BCUT2D eigenvalue weighted by Gasteiger charge is 2.44. The van der Waals surface area contributed by atoms with Crippen LogP contribution in [0.3, 0.4) is 0 Å². The fourth-order valence-electron chi connectivity index (χ4n) is 3.29. The number of sulfonamides is 1. The van der Waals surface area contributed by atoms with Crippen molar-refractivity contribution in [2.24, 2.45) is 0 Å². The molecule has 3 rings (SSSR count). The summed E-state index contributed by atoms with van der Waals surface area (Å²) in [6.07, 6.45) is 0. The van der Waals surface area contributed by atoms with Crippen LogP contribution in [0.5, 0.6) is 11.5 Å². The van der Waals surface area contributed by atoms with Crippen LogP contribution in [0.25, 0.3) is 0 Å². The summed E-state index contributed by atoms with van der Waals surface area (Å²) in [4.78, 5) is 5.53. The molecule has 0 saturated carbocycles. The largest absolute Gasteiger partial charge is 0.493 e. The fraction of sp³-hybridized carbons (Fsp3) is 0.368. The molecule has 7 nitrogen and oxygen atoms in total. The van der Waals surface area contributed by atoms with Crippen LogP contribution in [0.2, 0.25) is 0 Å². The molecule has 152 valence electrons. The van der Waals surface area contributed by atoms with E-state index in [4.69, 9.17) is 14.3 Å². The lowest BCUT2D eigenvalue weighted by atomic mass is 10.0. The van der Waals surface area contributed by atoms with E-state index in [1.807, 2.05) is 0 Å². The van der Waals surface area contributed by atoms with Gasteiger partial charge in [0.25, 0.3) is 0 Å². The van der Waals surface area contributed by atoms with Gasteiger partial charge in [0.15, 0.2) is 11.5 Å². The number of nitrogens with one attached hydrogen (secondary N) is 1. The summed E-state index contributed by atoms with van der Waals surface area (Å²) >= 11 is 0. The molecule has 0 bridgehead atoms. The van der Waals surface area contributed by atoms with E-state index in [0.29, 0.717) is 22.6 Å². The van der Waals surface area contributed by atoms with Crippen LogP contribution < -0.4 is 14.2 Å². The number of benzene rings is 2. The Hall–Kier alpha value is -2.20. The lowest BCUT2D eigenvalue weighted by Gasteiger charge is -2.25. The van der Waals surface area contributed by atoms with E-state index in [2.05, 4.69) is 4.72 Å². The summed E-state index contributed by atoms with van der Waals surface area (Å²) in [5.74, 6) is 0.601. The minimum atomic E-state index is -3.75. The van der Waals surface area contributed by atoms with E-state index >= 15 is 0 Å². The molecule has 1 heterocycles. The number of nitrogens with zero attached hydrogens (tertiary/aromatic N) is 1. The zero-order valence-corrected chi connectivity index (χ0v) is 16.7. The van der Waals surface area contributed by atoms with Gasteiger partial charge in [0, 0.05) is 19.2 Å². The van der Waals surface area contributed by atoms with E-state index < -0.39 is 21.3 Å². The third-order valence-corrected chi connectivity index (χ3v) is 6.47. The number of hydrogen-bond donors (Lipinski definition) is 1. The van der Waals surface area contributed by atoms with Gasteiger partial charge in [0.1, 0.15) is 11.1 Å². The standard InChI is InChI=1S/C19H23FN2O5S/c1-22-18(15-5-4-6-16(25-2)19(15)26-3)17(12-27-22)28(23,24)21-11-13-7-9-14(20)10-8-13/h4-10,17-18,21H,11-12H2,1-3H3/t17-,18-/m1/s1. The summed E-state index contributed by atoms with van der Waals surface area (Å²) < 4.78 is 52.4. The van der Waals surface area contributed by atoms with E-state index in [1.54, 1.807) is 25.2 Å². The zero-order chi connectivity index (χ0) is 20.3. The highest BCUT2D eigenvalue weighted by Crippen LogP contribution is 2.42. The van der Waals surface area contributed by atoms with Gasteiger partial charge in [-0.1, -0.05) is 24.3 Å². The average molecular weight is 410 g/mol. The first-order chi connectivity index (χ1) is 13.4. The number of hydrogen-bond acceptors (Lipinski definition) is 6. The lowest BCUT2D eigenvalue weighted by Crippen LogP contribution is -2.39. The summed E-state index contributed by atoms with van der Waals surface area (Å²) in [7, 11) is 0.960. The number of methoxy groups -OCH3 is 2. The Morgan fingerprint density at radius 3 is 2.54 bits per heavy atom. The van der Waals surface area contributed by atoms with Gasteiger partial charge in [-0.05, 0) is 23.8 Å². The minimum absolute atomic E-state index is 0.000280. The number of rotatable bonds is 7. The first kappa shape index (κ1) is 20.5. The van der Waals surface area contributed by atoms with Gasteiger partial charge in [-0.15, -0.1) is 0 Å². The van der Waals surface area contributed by atoms with Crippen LogP contribution in [-0.2, 0) is 21.4 Å². The topological polar surface area (TPSA) is 77.1 Å². The van der Waals surface area contributed by atoms with Crippen molar-refractivity contribution in [3.8, 4) is 11.5 Å². The minimum Gasteiger partial charge on any atom is -0.493 e. The predicted octanol–water partition coefficient (Wildman–Crippen LogP) is 2.25. The highest BCUT2D eigenvalue weighted by molar-refractivity contribution is 7.90. The Labute approximate surface area is 164 Å². The van der Waals surface area contributed by atoms with Crippen molar-refractivity contribution < 1.29 is 27.1 Å². The molecule has 0 radical (unpaired) electrons. The van der Waals surface area contributed by atoms with Crippen LogP contribution in [0, 0.1) is 5.82 Å². The van der Waals surface area contributed by atoms with Crippen molar-refractivity contribution in [1.82, 2.24) is 9.79 Å². The van der Waals surface area contributed by atoms with Crippen molar-refractivity contribution >= 4 is 10.0 Å². The van der Waals surface area contributed by atoms with E-state index in [1.165, 1.54) is 43.5 Å². The van der Waals surface area contributed by atoms with Crippen LogP contribution in [0.4, 0.5) is 4.39 Å². The Morgan fingerprint density at radius 1 is 1.18 bits per heavy atom. The van der Waals surface area contributed by atoms with Gasteiger partial charge in [0.05, 0.1) is 26.9 Å². The summed E-state index contributed by atoms with van der Waals surface area (Å²) in [6.45, 7) is 0.0606. The van der Waals surface area contributed by atoms with Crippen LogP contribution in [0.15, 0.2) is 42.5 Å². The maximum atomic E-state index is 13.0. The molecule has 2 aromatic rings. The van der Waals surface area contributed by atoms with Crippen molar-refractivity contribution in [1.29, 1.82) is 0 Å². The van der Waals surface area contributed by atoms with Crippen LogP contribution >= 0.6 is 0 Å². The molecule has 2 aromatic carbocycles. The van der Waals surface area contributed by atoms with Gasteiger partial charge in [-0.2, -0.15) is 5.06 Å². The summed E-state index contributed by atoms with van der Waals surface area (Å²) in [5, 5.41) is 0.651. The number of hydroxylamine groups is 2. The van der Waals surface area contributed by atoms with Gasteiger partial charge in [-0.25, -0.2) is 17.5 Å². The molecule has 9 heteroatoms. The normalized spacial score (nSPS) is 20.3. The van der Waals surface area contributed by atoms with Crippen molar-refractivity contribution in [2.75, 3.05) is 27.9 Å². The number of halogens is 1. The molecule has 0 amide bonds. The highest BCUT2D eigenvalue weighted by atomic mass is 32.2. The van der Waals surface area contributed by atoms with Gasteiger partial charge in [0.2, 0.25) is 10.0 Å². The maximum absolute atomic E-state index is 13.0. The first-order valence-corrected chi connectivity index (χ1v) is 10.2. The number of para-hydroxylation sites is 1. The molecule has 1 saturated heterocycles. The van der Waals surface area contributed by atoms with Crippen molar-refractivity contribution in [3.05, 3.63) is 59.4 Å². The monoisotopic (exact) mass is 410 g/mol. The molecule has 0 aliphatic carbocycles. The Morgan fingerprint density at radius 2 is 1.89 bits per heavy atom. The maximum Gasteiger partial charge on any atom is 0.219 e. The molecular formula is C19H23FN2O5S. The van der Waals surface area contributed by atoms with Crippen LogP contribution in [0.1, 0.15) is 17.2 Å². The Bertz CT molecular complexity index is 920. The predicted molar refractivity (Wildman–Crippen MR) is 102 cm³/mol. The Balaban J connectivity index is 1.87. The lowest BCUT2D eigenvalue weighted by molar-refractivity contribution is -0.110. The van der Waals surface area contributed by atoms with Gasteiger partial charge in [-0.3, -0.25) is 4.84 Å². The average Bonchev–Trinajstić information content (AvgIpc) is 3.09. The Kier molecular flexibility index (Phi) is 6.19. The quantitative estimate of drug-likeness (QED) is 0.755. The van der Waals surface area contributed by atoms with E-state index in [0.717, 1.165) is 0 Å². The molecule has 1 fully saturated rings. The van der Waals surface area contributed by atoms with Gasteiger partial charge < -0.3 is 9.47 Å². The molecule has 0 unspecified atom stereocenters. The zero-order valence-electron chi connectivity index (χ0n) is 15.9. The van der Waals surface area contributed by atoms with Crippen molar-refractivity contribution in [2.45, 2.75) is 17.8 Å². The molecule has 0 aromatic heterocycles. The van der Waals surface area contributed by atoms with Crippen molar-refractivity contribution in [3.63, 3.8) is 0 Å². The molecule has 1 N–H and O–H groups in total. The molecule has 1 aliphatic rings. The molecule has 0 spiro atoms. The first-order valence-electron chi connectivity index (χ1n) is 8.67. The summed E-state index contributed by atoms with van der Waals surface area (Å²) in [5.41, 5.74) is 1.31. The SMILES string of the molecule is COc1cccc([C@@H]2[C@H](S(=O)(=O)NCc3ccc(F)cc3)CON2C)c1OC. The molecule has 1 aliphatic heterocycles. The molecular weight excluding hydrogens is 387 g/mol. The van der Waals surface area contributed by atoms with E-state index in [-0.39, 0.29) is 19.0 Å². The van der Waals surface area contributed by atoms with E-state index in [9.17, 15) is 12.8 Å². The van der Waals surface area contributed by atoms with Crippen LogP contribution in [-0.4, -0.2) is 46.6 Å². The number of ether oxygens (including phenoxy) is 2. The fourth-order valence-corrected chi connectivity index (χ4v) is 4.77. The second-order valence-electron chi connectivity index (χ2n) is 6.40. The summed E-state index contributed by atoms with van der Waals surface area (Å²) in [6, 6.07) is 10.4. The third-order valence-electron chi connectivity index (χ3n) is 4.73. The second kappa shape index (κ2) is 8.44.